The van der Waals surface area contributed by atoms with Crippen LogP contribution < -0.4 is 0 Å². The van der Waals surface area contributed by atoms with Gasteiger partial charge in [-0.05, 0) is 24.7 Å². The van der Waals surface area contributed by atoms with Crippen LogP contribution in [-0.2, 0) is 0 Å². The van der Waals surface area contributed by atoms with Crippen LogP contribution in [0.5, 0.6) is 0 Å². The number of hydrogen-bond acceptors (Lipinski definition) is 1. The smallest absolute Gasteiger partial charge is 0.0540 e. The Morgan fingerprint density at radius 3 is 2.08 bits per heavy atom. The van der Waals surface area contributed by atoms with Crippen molar-refractivity contribution in [2.24, 2.45) is 5.41 Å². The van der Waals surface area contributed by atoms with Crippen LogP contribution in [-0.4, -0.2) is 11.2 Å². The van der Waals surface area contributed by atoms with Crippen molar-refractivity contribution in [3.05, 3.63) is 0 Å². The minimum atomic E-state index is -0.0534. The second-order valence-corrected chi connectivity index (χ2v) is 5.25. The van der Waals surface area contributed by atoms with Crippen LogP contribution >= 0.6 is 0 Å². The van der Waals surface area contributed by atoms with Crippen molar-refractivity contribution in [2.45, 2.75) is 72.3 Å². The number of rotatable bonds is 6. The van der Waals surface area contributed by atoms with Crippen molar-refractivity contribution in [3.63, 3.8) is 0 Å². The Balaban J connectivity index is 3.31. The van der Waals surface area contributed by atoms with Crippen molar-refractivity contribution >= 4 is 0 Å². The molecule has 13 heavy (non-hydrogen) atoms. The SMILES string of the molecule is CCCCC(O)CCCC(C)(C)C. The molecule has 0 rings (SSSR count). The summed E-state index contributed by atoms with van der Waals surface area (Å²) in [6.07, 6.45) is 6.65. The summed E-state index contributed by atoms with van der Waals surface area (Å²) in [5.74, 6) is 0. The third-order valence-corrected chi connectivity index (χ3v) is 2.36. The molecule has 0 aliphatic carbocycles. The average molecular weight is 186 g/mol. The molecule has 0 amide bonds. The number of aliphatic hydroxyl groups is 1. The zero-order chi connectivity index (χ0) is 10.3. The molecule has 0 saturated carbocycles. The summed E-state index contributed by atoms with van der Waals surface area (Å²) in [4.78, 5) is 0. The molecule has 1 nitrogen and oxygen atoms in total. The summed E-state index contributed by atoms with van der Waals surface area (Å²) in [7, 11) is 0. The first-order valence-corrected chi connectivity index (χ1v) is 5.64. The van der Waals surface area contributed by atoms with E-state index in [-0.39, 0.29) is 6.10 Å². The fraction of sp³-hybridized carbons (Fsp3) is 1.00. The lowest BCUT2D eigenvalue weighted by atomic mass is 9.89. The molecule has 0 radical (unpaired) electrons. The molecule has 0 aliphatic rings. The Morgan fingerprint density at radius 1 is 1.08 bits per heavy atom. The molecule has 0 heterocycles. The van der Waals surface area contributed by atoms with Gasteiger partial charge < -0.3 is 5.11 Å². The first-order chi connectivity index (χ1) is 5.95. The fourth-order valence-electron chi connectivity index (χ4n) is 1.45. The zero-order valence-electron chi connectivity index (χ0n) is 9.77. The Bertz CT molecular complexity index is 113. The Kier molecular flexibility index (Phi) is 6.40. The van der Waals surface area contributed by atoms with Gasteiger partial charge in [-0.15, -0.1) is 0 Å². The van der Waals surface area contributed by atoms with Gasteiger partial charge in [0.15, 0.2) is 0 Å². The standard InChI is InChI=1S/C12H26O/c1-5-6-8-11(13)9-7-10-12(2,3)4/h11,13H,5-10H2,1-4H3. The lowest BCUT2D eigenvalue weighted by molar-refractivity contribution is 0.143. The highest BCUT2D eigenvalue weighted by Crippen LogP contribution is 2.22. The summed E-state index contributed by atoms with van der Waals surface area (Å²) in [6, 6.07) is 0. The molecule has 0 aromatic carbocycles. The molecule has 0 fully saturated rings. The van der Waals surface area contributed by atoms with Crippen molar-refractivity contribution < 1.29 is 5.11 Å². The summed E-state index contributed by atoms with van der Waals surface area (Å²) in [6.45, 7) is 8.93. The lowest BCUT2D eigenvalue weighted by Crippen LogP contribution is -2.09. The molecule has 1 unspecified atom stereocenters. The van der Waals surface area contributed by atoms with Crippen molar-refractivity contribution in [2.75, 3.05) is 0 Å². The maximum absolute atomic E-state index is 9.58. The second-order valence-electron chi connectivity index (χ2n) is 5.25. The highest BCUT2D eigenvalue weighted by molar-refractivity contribution is 4.63. The normalized spacial score (nSPS) is 14.5. The van der Waals surface area contributed by atoms with Crippen molar-refractivity contribution in [1.82, 2.24) is 0 Å². The Labute approximate surface area is 83.5 Å². The second kappa shape index (κ2) is 6.42. The van der Waals surface area contributed by atoms with Gasteiger partial charge in [0.25, 0.3) is 0 Å². The summed E-state index contributed by atoms with van der Waals surface area (Å²) in [5.41, 5.74) is 0.421. The average Bonchev–Trinajstić information content (AvgIpc) is 1.98. The van der Waals surface area contributed by atoms with Gasteiger partial charge in [0.05, 0.1) is 6.10 Å². The van der Waals surface area contributed by atoms with Crippen LogP contribution in [0, 0.1) is 5.41 Å². The zero-order valence-corrected chi connectivity index (χ0v) is 9.77. The summed E-state index contributed by atoms with van der Waals surface area (Å²) >= 11 is 0. The third-order valence-electron chi connectivity index (χ3n) is 2.36. The maximum atomic E-state index is 9.58. The van der Waals surface area contributed by atoms with E-state index in [0.717, 1.165) is 25.7 Å². The van der Waals surface area contributed by atoms with Gasteiger partial charge in [0.1, 0.15) is 0 Å². The van der Waals surface area contributed by atoms with Gasteiger partial charge in [-0.1, -0.05) is 47.0 Å². The fourth-order valence-corrected chi connectivity index (χ4v) is 1.45. The van der Waals surface area contributed by atoms with Gasteiger partial charge in [-0.3, -0.25) is 0 Å². The van der Waals surface area contributed by atoms with E-state index >= 15 is 0 Å². The van der Waals surface area contributed by atoms with Crippen molar-refractivity contribution in [3.8, 4) is 0 Å². The number of hydrogen-bond donors (Lipinski definition) is 1. The number of unbranched alkanes of at least 4 members (excludes halogenated alkanes) is 1. The van der Waals surface area contributed by atoms with Crippen LogP contribution in [0.3, 0.4) is 0 Å². The molecule has 1 atom stereocenters. The molecule has 1 N–H and O–H groups in total. The summed E-state index contributed by atoms with van der Waals surface area (Å²) < 4.78 is 0. The molecule has 0 saturated heterocycles. The van der Waals surface area contributed by atoms with Crippen LogP contribution in [0.1, 0.15) is 66.2 Å². The Hall–Kier alpha value is -0.0400. The van der Waals surface area contributed by atoms with E-state index in [4.69, 9.17) is 0 Å². The van der Waals surface area contributed by atoms with Gasteiger partial charge in [-0.2, -0.15) is 0 Å². The van der Waals surface area contributed by atoms with Crippen LogP contribution in [0.4, 0.5) is 0 Å². The van der Waals surface area contributed by atoms with Gasteiger partial charge in [0, 0.05) is 0 Å². The van der Waals surface area contributed by atoms with Crippen LogP contribution in [0.2, 0.25) is 0 Å². The summed E-state index contributed by atoms with van der Waals surface area (Å²) in [5, 5.41) is 9.58. The van der Waals surface area contributed by atoms with E-state index in [2.05, 4.69) is 27.7 Å². The number of aliphatic hydroxyl groups excluding tert-OH is 1. The molecular weight excluding hydrogens is 160 g/mol. The molecular formula is C12H26O. The first-order valence-electron chi connectivity index (χ1n) is 5.64. The Morgan fingerprint density at radius 2 is 1.62 bits per heavy atom. The van der Waals surface area contributed by atoms with Gasteiger partial charge >= 0.3 is 0 Å². The third kappa shape index (κ3) is 9.88. The van der Waals surface area contributed by atoms with E-state index in [1.807, 2.05) is 0 Å². The molecule has 0 bridgehead atoms. The monoisotopic (exact) mass is 186 g/mol. The van der Waals surface area contributed by atoms with Gasteiger partial charge in [0.2, 0.25) is 0 Å². The molecule has 1 heteroatoms. The van der Waals surface area contributed by atoms with E-state index in [0.29, 0.717) is 5.41 Å². The predicted molar refractivity (Wildman–Crippen MR) is 58.8 cm³/mol. The topological polar surface area (TPSA) is 20.2 Å². The van der Waals surface area contributed by atoms with Crippen molar-refractivity contribution in [1.29, 1.82) is 0 Å². The highest BCUT2D eigenvalue weighted by atomic mass is 16.3. The largest absolute Gasteiger partial charge is 0.393 e. The van der Waals surface area contributed by atoms with Crippen LogP contribution in [0.25, 0.3) is 0 Å². The maximum Gasteiger partial charge on any atom is 0.0540 e. The molecule has 80 valence electrons. The van der Waals surface area contributed by atoms with Gasteiger partial charge in [-0.25, -0.2) is 0 Å². The van der Waals surface area contributed by atoms with E-state index in [1.165, 1.54) is 12.8 Å². The van der Waals surface area contributed by atoms with E-state index in [1.54, 1.807) is 0 Å². The van der Waals surface area contributed by atoms with E-state index in [9.17, 15) is 5.11 Å². The minimum absolute atomic E-state index is 0.0534. The molecule has 0 aromatic rings. The molecule has 0 spiro atoms. The minimum Gasteiger partial charge on any atom is -0.393 e. The molecule has 0 aliphatic heterocycles. The molecule has 0 aromatic heterocycles. The van der Waals surface area contributed by atoms with Crippen LogP contribution in [0.15, 0.2) is 0 Å². The predicted octanol–water partition coefficient (Wildman–Crippen LogP) is 3.75. The quantitative estimate of drug-likeness (QED) is 0.669. The lowest BCUT2D eigenvalue weighted by Gasteiger charge is -2.18. The first kappa shape index (κ1) is 13.0. The van der Waals surface area contributed by atoms with E-state index < -0.39 is 0 Å². The highest BCUT2D eigenvalue weighted by Gasteiger charge is 2.11.